The van der Waals surface area contributed by atoms with E-state index in [0.29, 0.717) is 5.41 Å². The van der Waals surface area contributed by atoms with Gasteiger partial charge < -0.3 is 10.6 Å². The van der Waals surface area contributed by atoms with Crippen molar-refractivity contribution in [1.29, 1.82) is 0 Å². The standard InChI is InChI=1S/C14H30N2/c1-4-14(2,3)12-16-10-6-8-13-7-5-9-15-11-13/h13,15-16H,4-12H2,1-3H3. The molecule has 0 saturated carbocycles. The van der Waals surface area contributed by atoms with Gasteiger partial charge in [0.1, 0.15) is 0 Å². The van der Waals surface area contributed by atoms with Gasteiger partial charge in [-0.15, -0.1) is 0 Å². The second-order valence-electron chi connectivity index (χ2n) is 6.05. The molecular formula is C14H30N2. The lowest BCUT2D eigenvalue weighted by atomic mass is 9.90. The summed E-state index contributed by atoms with van der Waals surface area (Å²) in [4.78, 5) is 0. The van der Waals surface area contributed by atoms with Crippen LogP contribution < -0.4 is 10.6 Å². The largest absolute Gasteiger partial charge is 0.316 e. The maximum atomic E-state index is 3.60. The van der Waals surface area contributed by atoms with Gasteiger partial charge in [0.25, 0.3) is 0 Å². The normalized spacial score (nSPS) is 22.3. The Kier molecular flexibility index (Phi) is 6.37. The molecule has 2 heteroatoms. The van der Waals surface area contributed by atoms with Crippen LogP contribution in [-0.2, 0) is 0 Å². The molecule has 1 saturated heterocycles. The van der Waals surface area contributed by atoms with Crippen molar-refractivity contribution in [3.8, 4) is 0 Å². The van der Waals surface area contributed by atoms with E-state index >= 15 is 0 Å². The van der Waals surface area contributed by atoms with E-state index in [1.54, 1.807) is 0 Å². The molecule has 0 aromatic rings. The predicted molar refractivity (Wildman–Crippen MR) is 71.8 cm³/mol. The average Bonchev–Trinajstić information content (AvgIpc) is 2.30. The number of piperidine rings is 1. The molecule has 1 unspecified atom stereocenters. The minimum Gasteiger partial charge on any atom is -0.316 e. The van der Waals surface area contributed by atoms with Gasteiger partial charge in [-0.05, 0) is 63.1 Å². The predicted octanol–water partition coefficient (Wildman–Crippen LogP) is 2.79. The molecule has 1 aliphatic heterocycles. The Balaban J connectivity index is 1.95. The smallest absolute Gasteiger partial charge is 0.000241 e. The van der Waals surface area contributed by atoms with Gasteiger partial charge in [0.2, 0.25) is 0 Å². The van der Waals surface area contributed by atoms with Gasteiger partial charge in [0.15, 0.2) is 0 Å². The van der Waals surface area contributed by atoms with E-state index in [2.05, 4.69) is 31.4 Å². The molecule has 1 atom stereocenters. The summed E-state index contributed by atoms with van der Waals surface area (Å²) in [7, 11) is 0. The maximum Gasteiger partial charge on any atom is 0.000241 e. The van der Waals surface area contributed by atoms with Gasteiger partial charge in [0.05, 0.1) is 0 Å². The third kappa shape index (κ3) is 5.86. The second kappa shape index (κ2) is 7.29. The molecule has 2 N–H and O–H groups in total. The highest BCUT2D eigenvalue weighted by Crippen LogP contribution is 2.18. The first kappa shape index (κ1) is 14.0. The summed E-state index contributed by atoms with van der Waals surface area (Å²) in [6, 6.07) is 0. The van der Waals surface area contributed by atoms with E-state index < -0.39 is 0 Å². The quantitative estimate of drug-likeness (QED) is 0.652. The van der Waals surface area contributed by atoms with Gasteiger partial charge >= 0.3 is 0 Å². The van der Waals surface area contributed by atoms with E-state index in [-0.39, 0.29) is 0 Å². The van der Waals surface area contributed by atoms with E-state index in [9.17, 15) is 0 Å². The van der Waals surface area contributed by atoms with Crippen LogP contribution >= 0.6 is 0 Å². The number of rotatable bonds is 7. The molecule has 16 heavy (non-hydrogen) atoms. The van der Waals surface area contributed by atoms with Crippen molar-refractivity contribution in [2.75, 3.05) is 26.2 Å². The molecule has 1 rings (SSSR count). The fourth-order valence-electron chi connectivity index (χ4n) is 2.24. The minimum absolute atomic E-state index is 0.465. The van der Waals surface area contributed by atoms with E-state index in [4.69, 9.17) is 0 Å². The summed E-state index contributed by atoms with van der Waals surface area (Å²) in [6.45, 7) is 11.8. The molecule has 96 valence electrons. The van der Waals surface area contributed by atoms with E-state index in [1.807, 2.05) is 0 Å². The number of hydrogen-bond acceptors (Lipinski definition) is 2. The topological polar surface area (TPSA) is 24.1 Å². The molecular weight excluding hydrogens is 196 g/mol. The van der Waals surface area contributed by atoms with Crippen LogP contribution in [0.5, 0.6) is 0 Å². The SMILES string of the molecule is CCC(C)(C)CNCCCC1CCCNC1. The molecule has 0 aliphatic carbocycles. The van der Waals surface area contributed by atoms with Crippen molar-refractivity contribution in [2.45, 2.75) is 52.9 Å². The fourth-order valence-corrected chi connectivity index (χ4v) is 2.24. The molecule has 1 fully saturated rings. The Bertz CT molecular complexity index is 172. The molecule has 1 aliphatic rings. The number of hydrogen-bond donors (Lipinski definition) is 2. The lowest BCUT2D eigenvalue weighted by molar-refractivity contribution is 0.316. The summed E-state index contributed by atoms with van der Waals surface area (Å²) >= 11 is 0. The monoisotopic (exact) mass is 226 g/mol. The zero-order valence-electron chi connectivity index (χ0n) is 11.4. The van der Waals surface area contributed by atoms with Crippen molar-refractivity contribution >= 4 is 0 Å². The van der Waals surface area contributed by atoms with E-state index in [1.165, 1.54) is 51.7 Å². The summed E-state index contributed by atoms with van der Waals surface area (Å²) < 4.78 is 0. The zero-order valence-corrected chi connectivity index (χ0v) is 11.4. The first-order valence-electron chi connectivity index (χ1n) is 7.05. The first-order valence-corrected chi connectivity index (χ1v) is 7.05. The third-order valence-electron chi connectivity index (χ3n) is 3.93. The van der Waals surface area contributed by atoms with Crippen molar-refractivity contribution in [2.24, 2.45) is 11.3 Å². The number of nitrogens with one attached hydrogen (secondary N) is 2. The molecule has 0 aromatic heterocycles. The lowest BCUT2D eigenvalue weighted by Gasteiger charge is -2.24. The molecule has 0 amide bonds. The Morgan fingerprint density at radius 1 is 1.38 bits per heavy atom. The van der Waals surface area contributed by atoms with Crippen LogP contribution in [0.2, 0.25) is 0 Å². The highest BCUT2D eigenvalue weighted by atomic mass is 14.9. The first-order chi connectivity index (χ1) is 7.64. The van der Waals surface area contributed by atoms with Crippen molar-refractivity contribution in [1.82, 2.24) is 10.6 Å². The van der Waals surface area contributed by atoms with Crippen LogP contribution in [0.3, 0.4) is 0 Å². The van der Waals surface area contributed by atoms with Crippen LogP contribution in [0, 0.1) is 11.3 Å². The van der Waals surface area contributed by atoms with Crippen LogP contribution in [0.15, 0.2) is 0 Å². The zero-order chi connectivity index (χ0) is 11.9. The maximum absolute atomic E-state index is 3.60. The summed E-state index contributed by atoms with van der Waals surface area (Å²) in [5.41, 5.74) is 0.465. The molecule has 0 bridgehead atoms. The average molecular weight is 226 g/mol. The van der Waals surface area contributed by atoms with Crippen molar-refractivity contribution in [3.05, 3.63) is 0 Å². The fraction of sp³-hybridized carbons (Fsp3) is 1.00. The van der Waals surface area contributed by atoms with Gasteiger partial charge in [-0.25, -0.2) is 0 Å². The van der Waals surface area contributed by atoms with E-state index in [0.717, 1.165) is 12.5 Å². The highest BCUT2D eigenvalue weighted by Gasteiger charge is 2.14. The van der Waals surface area contributed by atoms with Gasteiger partial charge in [-0.1, -0.05) is 20.8 Å². The van der Waals surface area contributed by atoms with Gasteiger partial charge in [0, 0.05) is 6.54 Å². The molecule has 0 radical (unpaired) electrons. The van der Waals surface area contributed by atoms with Crippen LogP contribution in [0.4, 0.5) is 0 Å². The molecule has 1 heterocycles. The Morgan fingerprint density at radius 3 is 2.81 bits per heavy atom. The van der Waals surface area contributed by atoms with Crippen molar-refractivity contribution in [3.63, 3.8) is 0 Å². The third-order valence-corrected chi connectivity index (χ3v) is 3.93. The lowest BCUT2D eigenvalue weighted by Crippen LogP contribution is -2.32. The Labute approximate surface area is 102 Å². The minimum atomic E-state index is 0.465. The Morgan fingerprint density at radius 2 is 2.19 bits per heavy atom. The van der Waals surface area contributed by atoms with Gasteiger partial charge in [-0.3, -0.25) is 0 Å². The van der Waals surface area contributed by atoms with Crippen LogP contribution in [-0.4, -0.2) is 26.2 Å². The molecule has 0 aromatic carbocycles. The van der Waals surface area contributed by atoms with Crippen LogP contribution in [0.25, 0.3) is 0 Å². The summed E-state index contributed by atoms with van der Waals surface area (Å²) in [5.74, 6) is 0.940. The molecule has 0 spiro atoms. The Hall–Kier alpha value is -0.0800. The highest BCUT2D eigenvalue weighted by molar-refractivity contribution is 4.71. The van der Waals surface area contributed by atoms with Crippen LogP contribution in [0.1, 0.15) is 52.9 Å². The van der Waals surface area contributed by atoms with Crippen molar-refractivity contribution < 1.29 is 0 Å². The summed E-state index contributed by atoms with van der Waals surface area (Å²) in [5, 5.41) is 7.08. The molecule has 2 nitrogen and oxygen atoms in total. The van der Waals surface area contributed by atoms with Gasteiger partial charge in [-0.2, -0.15) is 0 Å². The second-order valence-corrected chi connectivity index (χ2v) is 6.05. The summed E-state index contributed by atoms with van der Waals surface area (Å²) in [6.07, 6.45) is 6.81.